The summed E-state index contributed by atoms with van der Waals surface area (Å²) < 4.78 is 0. The largest absolute Gasteiger partial charge is 0.338 e. The highest BCUT2D eigenvalue weighted by atomic mass is 16.1. The van der Waals surface area contributed by atoms with Crippen LogP contribution in [-0.4, -0.2) is 15.9 Å². The van der Waals surface area contributed by atoms with Gasteiger partial charge in [-0.2, -0.15) is 10.5 Å². The van der Waals surface area contributed by atoms with E-state index in [0.717, 1.165) is 0 Å². The number of rotatable bonds is 4. The highest BCUT2D eigenvalue weighted by Gasteiger charge is 2.11. The monoisotopic (exact) mass is 340 g/mol. The molecule has 0 fully saturated rings. The third-order valence-electron chi connectivity index (χ3n) is 3.49. The van der Waals surface area contributed by atoms with E-state index in [2.05, 4.69) is 26.7 Å². The van der Waals surface area contributed by atoms with Gasteiger partial charge < -0.3 is 10.6 Å². The highest BCUT2D eigenvalue weighted by molar-refractivity contribution is 6.03. The zero-order valence-electron chi connectivity index (χ0n) is 13.5. The second kappa shape index (κ2) is 7.56. The summed E-state index contributed by atoms with van der Waals surface area (Å²) >= 11 is 0. The summed E-state index contributed by atoms with van der Waals surface area (Å²) in [6.45, 7) is 0. The van der Waals surface area contributed by atoms with Crippen molar-refractivity contribution in [1.82, 2.24) is 9.97 Å². The number of hydrogen-bond donors (Lipinski definition) is 2. The molecule has 7 heteroatoms. The molecule has 0 saturated heterocycles. The van der Waals surface area contributed by atoms with Gasteiger partial charge in [-0.1, -0.05) is 24.3 Å². The first-order chi connectivity index (χ1) is 12.7. The van der Waals surface area contributed by atoms with Crippen LogP contribution in [0.3, 0.4) is 0 Å². The first-order valence-corrected chi connectivity index (χ1v) is 7.60. The summed E-state index contributed by atoms with van der Waals surface area (Å²) in [5.41, 5.74) is 1.96. The summed E-state index contributed by atoms with van der Waals surface area (Å²) in [5, 5.41) is 23.8. The van der Waals surface area contributed by atoms with E-state index in [1.807, 2.05) is 6.07 Å². The smallest absolute Gasteiger partial charge is 0.275 e. The van der Waals surface area contributed by atoms with Gasteiger partial charge in [-0.05, 0) is 24.3 Å². The fourth-order valence-corrected chi connectivity index (χ4v) is 2.21. The van der Waals surface area contributed by atoms with Crippen molar-refractivity contribution in [3.8, 4) is 12.1 Å². The average molecular weight is 340 g/mol. The fraction of sp³-hybridized carbons (Fsp3) is 0. The predicted octanol–water partition coefficient (Wildman–Crippen LogP) is 3.22. The van der Waals surface area contributed by atoms with Gasteiger partial charge in [-0.15, -0.1) is 0 Å². The molecule has 1 aromatic heterocycles. The maximum Gasteiger partial charge on any atom is 0.275 e. The van der Waals surface area contributed by atoms with Crippen molar-refractivity contribution in [1.29, 1.82) is 10.5 Å². The van der Waals surface area contributed by atoms with Crippen LogP contribution >= 0.6 is 0 Å². The topological polar surface area (TPSA) is 114 Å². The normalized spacial score (nSPS) is 9.62. The SMILES string of the molecule is N#Cc1ccccc1NC(=O)c1cnc(Nc2ccccc2C#N)cn1. The molecular weight excluding hydrogens is 328 g/mol. The van der Waals surface area contributed by atoms with Crippen LogP contribution in [0, 0.1) is 22.7 Å². The van der Waals surface area contributed by atoms with Crippen molar-refractivity contribution in [2.45, 2.75) is 0 Å². The van der Waals surface area contributed by atoms with E-state index in [9.17, 15) is 4.79 Å². The number of aromatic nitrogens is 2. The molecule has 3 rings (SSSR count). The molecule has 0 bridgehead atoms. The van der Waals surface area contributed by atoms with Crippen LogP contribution in [0.4, 0.5) is 17.2 Å². The molecular formula is C19H12N6O. The standard InChI is InChI=1S/C19H12N6O/c20-9-13-5-1-3-7-15(13)24-18-12-22-17(11-23-18)19(26)25-16-8-4-2-6-14(16)10-21/h1-8,11-12H,(H,23,24)(H,25,26). The van der Waals surface area contributed by atoms with Crippen LogP contribution in [-0.2, 0) is 0 Å². The van der Waals surface area contributed by atoms with Gasteiger partial charge in [0.15, 0.2) is 0 Å². The molecule has 2 N–H and O–H groups in total. The molecule has 0 spiro atoms. The number of carbonyl (C=O) groups excluding carboxylic acids is 1. The average Bonchev–Trinajstić information content (AvgIpc) is 2.69. The molecule has 0 aliphatic rings. The minimum absolute atomic E-state index is 0.108. The van der Waals surface area contributed by atoms with Crippen molar-refractivity contribution in [2.75, 3.05) is 10.6 Å². The number of nitrogens with zero attached hydrogens (tertiary/aromatic N) is 4. The number of carbonyl (C=O) groups is 1. The summed E-state index contributed by atoms with van der Waals surface area (Å²) in [4.78, 5) is 20.5. The minimum atomic E-state index is -0.468. The van der Waals surface area contributed by atoms with E-state index < -0.39 is 5.91 Å². The molecule has 124 valence electrons. The second-order valence-electron chi connectivity index (χ2n) is 5.18. The van der Waals surface area contributed by atoms with Gasteiger partial charge in [0.1, 0.15) is 23.7 Å². The van der Waals surface area contributed by atoms with Gasteiger partial charge >= 0.3 is 0 Å². The zero-order valence-corrected chi connectivity index (χ0v) is 13.5. The molecule has 1 heterocycles. The summed E-state index contributed by atoms with van der Waals surface area (Å²) in [6, 6.07) is 17.8. The molecule has 0 unspecified atom stereocenters. The Balaban J connectivity index is 1.74. The Hall–Kier alpha value is -4.23. The first kappa shape index (κ1) is 16.6. The maximum atomic E-state index is 12.3. The molecule has 0 aliphatic heterocycles. The van der Waals surface area contributed by atoms with Gasteiger partial charge in [0, 0.05) is 0 Å². The molecule has 0 aliphatic carbocycles. The van der Waals surface area contributed by atoms with Crippen LogP contribution in [0.1, 0.15) is 21.6 Å². The number of nitrogens with one attached hydrogen (secondary N) is 2. The summed E-state index contributed by atoms with van der Waals surface area (Å²) in [6.07, 6.45) is 2.72. The Morgan fingerprint density at radius 2 is 1.46 bits per heavy atom. The van der Waals surface area contributed by atoms with E-state index >= 15 is 0 Å². The summed E-state index contributed by atoms with van der Waals surface area (Å²) in [5.74, 6) is -0.0640. The minimum Gasteiger partial charge on any atom is -0.338 e. The van der Waals surface area contributed by atoms with Crippen LogP contribution in [0.2, 0.25) is 0 Å². The Bertz CT molecular complexity index is 1030. The molecule has 0 atom stereocenters. The Labute approximate surface area is 149 Å². The lowest BCUT2D eigenvalue weighted by Gasteiger charge is -2.08. The van der Waals surface area contributed by atoms with E-state index in [-0.39, 0.29) is 5.69 Å². The lowest BCUT2D eigenvalue weighted by molar-refractivity contribution is 0.102. The molecule has 0 radical (unpaired) electrons. The van der Waals surface area contributed by atoms with Crippen molar-refractivity contribution in [2.24, 2.45) is 0 Å². The first-order valence-electron chi connectivity index (χ1n) is 7.60. The van der Waals surface area contributed by atoms with Crippen molar-refractivity contribution in [3.63, 3.8) is 0 Å². The van der Waals surface area contributed by atoms with Crippen LogP contribution < -0.4 is 10.6 Å². The van der Waals surface area contributed by atoms with Gasteiger partial charge in [0.25, 0.3) is 5.91 Å². The highest BCUT2D eigenvalue weighted by Crippen LogP contribution is 2.18. The molecule has 3 aromatic rings. The lowest BCUT2D eigenvalue weighted by atomic mass is 10.2. The van der Waals surface area contributed by atoms with Crippen molar-refractivity contribution < 1.29 is 4.79 Å². The van der Waals surface area contributed by atoms with E-state index in [1.54, 1.807) is 48.5 Å². The lowest BCUT2D eigenvalue weighted by Crippen LogP contribution is -2.15. The Morgan fingerprint density at radius 3 is 2.08 bits per heavy atom. The van der Waals surface area contributed by atoms with Crippen LogP contribution in [0.15, 0.2) is 60.9 Å². The van der Waals surface area contributed by atoms with E-state index in [1.165, 1.54) is 12.4 Å². The number of nitriles is 2. The zero-order chi connectivity index (χ0) is 18.4. The quantitative estimate of drug-likeness (QED) is 0.753. The molecule has 2 aromatic carbocycles. The molecule has 26 heavy (non-hydrogen) atoms. The predicted molar refractivity (Wildman–Crippen MR) is 95.6 cm³/mol. The molecule has 7 nitrogen and oxygen atoms in total. The van der Waals surface area contributed by atoms with Gasteiger partial charge in [0.2, 0.25) is 0 Å². The van der Waals surface area contributed by atoms with Crippen molar-refractivity contribution >= 4 is 23.1 Å². The fourth-order valence-electron chi connectivity index (χ4n) is 2.21. The Morgan fingerprint density at radius 1 is 0.846 bits per heavy atom. The van der Waals surface area contributed by atoms with E-state index in [0.29, 0.717) is 28.3 Å². The van der Waals surface area contributed by atoms with Crippen LogP contribution in [0.25, 0.3) is 0 Å². The van der Waals surface area contributed by atoms with Gasteiger partial charge in [0.05, 0.1) is 34.9 Å². The number of para-hydroxylation sites is 2. The molecule has 1 amide bonds. The third kappa shape index (κ3) is 3.64. The van der Waals surface area contributed by atoms with E-state index in [4.69, 9.17) is 10.5 Å². The number of amides is 1. The number of benzene rings is 2. The second-order valence-corrected chi connectivity index (χ2v) is 5.18. The maximum absolute atomic E-state index is 12.3. The number of anilines is 3. The number of hydrogen-bond acceptors (Lipinski definition) is 6. The molecule has 0 saturated carbocycles. The third-order valence-corrected chi connectivity index (χ3v) is 3.49. The van der Waals surface area contributed by atoms with Gasteiger partial charge in [-0.3, -0.25) is 4.79 Å². The summed E-state index contributed by atoms with van der Waals surface area (Å²) in [7, 11) is 0. The van der Waals surface area contributed by atoms with Crippen LogP contribution in [0.5, 0.6) is 0 Å². The van der Waals surface area contributed by atoms with Crippen molar-refractivity contribution in [3.05, 3.63) is 77.7 Å². The van der Waals surface area contributed by atoms with Gasteiger partial charge in [-0.25, -0.2) is 9.97 Å². The Kier molecular flexibility index (Phi) is 4.83.